The summed E-state index contributed by atoms with van der Waals surface area (Å²) in [7, 11) is -3.76. The molecule has 1 atom stereocenters. The lowest BCUT2D eigenvalue weighted by Gasteiger charge is -2.15. The van der Waals surface area contributed by atoms with Crippen LogP contribution >= 0.6 is 11.6 Å². The van der Waals surface area contributed by atoms with Gasteiger partial charge >= 0.3 is 5.69 Å². The van der Waals surface area contributed by atoms with Crippen LogP contribution in [-0.4, -0.2) is 31.2 Å². The fourth-order valence-corrected chi connectivity index (χ4v) is 3.34. The number of nitrogens with one attached hydrogen (secondary N) is 1. The average molecular weight is 371 g/mol. The van der Waals surface area contributed by atoms with E-state index in [1.54, 1.807) is 24.3 Å². The molecule has 9 heteroatoms. The van der Waals surface area contributed by atoms with Gasteiger partial charge in [-0.25, -0.2) is 8.42 Å². The first-order chi connectivity index (χ1) is 11.2. The summed E-state index contributed by atoms with van der Waals surface area (Å²) in [5.74, 6) is 0. The van der Waals surface area contributed by atoms with Crippen molar-refractivity contribution in [2.24, 2.45) is 0 Å². The highest BCUT2D eigenvalue weighted by atomic mass is 35.5. The van der Waals surface area contributed by atoms with Gasteiger partial charge in [-0.15, -0.1) is 0 Å². The van der Waals surface area contributed by atoms with Crippen molar-refractivity contribution in [3.63, 3.8) is 0 Å². The molecule has 0 heterocycles. The smallest absolute Gasteiger partial charge is 0.310 e. The predicted octanol–water partition coefficient (Wildman–Crippen LogP) is 2.80. The number of halogens is 1. The fourth-order valence-electron chi connectivity index (χ4n) is 2.21. The molecule has 0 aromatic heterocycles. The van der Waals surface area contributed by atoms with E-state index >= 15 is 0 Å². The molecule has 128 valence electrons. The van der Waals surface area contributed by atoms with Crippen molar-refractivity contribution in [2.75, 3.05) is 18.1 Å². The summed E-state index contributed by atoms with van der Waals surface area (Å²) >= 11 is 5.99. The van der Waals surface area contributed by atoms with E-state index in [1.807, 2.05) is 0 Å². The molecular weight excluding hydrogens is 356 g/mol. The van der Waals surface area contributed by atoms with E-state index in [-0.39, 0.29) is 17.1 Å². The van der Waals surface area contributed by atoms with Crippen molar-refractivity contribution < 1.29 is 18.4 Å². The number of hydrogen-bond acceptors (Lipinski definition) is 6. The minimum atomic E-state index is -3.76. The zero-order valence-electron chi connectivity index (χ0n) is 12.6. The summed E-state index contributed by atoms with van der Waals surface area (Å²) in [6, 6.07) is 10.6. The minimum Gasteiger partial charge on any atom is -0.387 e. The van der Waals surface area contributed by atoms with Gasteiger partial charge in [0.1, 0.15) is 10.6 Å². The Hall–Kier alpha value is -2.16. The van der Waals surface area contributed by atoms with Crippen LogP contribution in [0.3, 0.4) is 0 Å². The highest BCUT2D eigenvalue weighted by Crippen LogP contribution is 2.32. The van der Waals surface area contributed by atoms with Crippen molar-refractivity contribution >= 4 is 32.8 Å². The Bertz CT molecular complexity index is 870. The molecule has 2 N–H and O–H groups in total. The molecule has 0 bridgehead atoms. The summed E-state index contributed by atoms with van der Waals surface area (Å²) in [6.45, 7) is -0.0716. The van der Waals surface area contributed by atoms with E-state index in [0.29, 0.717) is 10.6 Å². The lowest BCUT2D eigenvalue weighted by atomic mass is 10.1. The minimum absolute atomic E-state index is 0.00836. The summed E-state index contributed by atoms with van der Waals surface area (Å²) in [6.07, 6.45) is -0.113. The molecule has 0 amide bonds. The third kappa shape index (κ3) is 4.02. The fraction of sp³-hybridized carbons (Fsp3) is 0.200. The highest BCUT2D eigenvalue weighted by Gasteiger charge is 2.26. The number of hydrogen-bond donors (Lipinski definition) is 2. The van der Waals surface area contributed by atoms with Crippen LogP contribution in [0.15, 0.2) is 47.4 Å². The van der Waals surface area contributed by atoms with E-state index in [1.165, 1.54) is 18.2 Å². The normalized spacial score (nSPS) is 12.6. The first-order valence-corrected chi connectivity index (χ1v) is 9.12. The number of nitro benzene ring substituents is 1. The molecule has 0 fully saturated rings. The average Bonchev–Trinajstić information content (AvgIpc) is 2.51. The topological polar surface area (TPSA) is 110 Å². The molecule has 0 aliphatic heterocycles. The molecule has 1 unspecified atom stereocenters. The van der Waals surface area contributed by atoms with Gasteiger partial charge in [0, 0.05) is 23.4 Å². The highest BCUT2D eigenvalue weighted by molar-refractivity contribution is 7.90. The van der Waals surface area contributed by atoms with Gasteiger partial charge in [-0.3, -0.25) is 10.1 Å². The van der Waals surface area contributed by atoms with E-state index in [0.717, 1.165) is 6.26 Å². The second kappa shape index (κ2) is 7.16. The summed E-state index contributed by atoms with van der Waals surface area (Å²) in [4.78, 5) is 10.1. The molecule has 0 aliphatic rings. The van der Waals surface area contributed by atoms with Gasteiger partial charge in [-0.05, 0) is 18.2 Å². The van der Waals surface area contributed by atoms with Crippen LogP contribution in [0.5, 0.6) is 0 Å². The van der Waals surface area contributed by atoms with Crippen LogP contribution in [0.25, 0.3) is 0 Å². The molecule has 24 heavy (non-hydrogen) atoms. The Balaban J connectivity index is 2.31. The van der Waals surface area contributed by atoms with E-state index in [4.69, 9.17) is 11.6 Å². The maximum absolute atomic E-state index is 11.7. The number of rotatable bonds is 6. The third-order valence-electron chi connectivity index (χ3n) is 3.33. The lowest BCUT2D eigenvalue weighted by Crippen LogP contribution is -2.14. The largest absolute Gasteiger partial charge is 0.387 e. The Morgan fingerprint density at radius 2 is 1.92 bits per heavy atom. The van der Waals surface area contributed by atoms with Crippen molar-refractivity contribution in [2.45, 2.75) is 11.0 Å². The van der Waals surface area contributed by atoms with E-state index in [2.05, 4.69) is 5.32 Å². The Morgan fingerprint density at radius 1 is 1.25 bits per heavy atom. The second-order valence-electron chi connectivity index (χ2n) is 5.10. The number of anilines is 1. The zero-order valence-corrected chi connectivity index (χ0v) is 14.2. The number of benzene rings is 2. The van der Waals surface area contributed by atoms with Gasteiger partial charge < -0.3 is 10.4 Å². The maximum atomic E-state index is 11.7. The Labute approximate surface area is 144 Å². The first kappa shape index (κ1) is 18.2. The number of sulfone groups is 1. The Kier molecular flexibility index (Phi) is 5.43. The van der Waals surface area contributed by atoms with Crippen molar-refractivity contribution in [3.05, 3.63) is 63.2 Å². The lowest BCUT2D eigenvalue weighted by molar-refractivity contribution is -0.386. The molecule has 0 saturated carbocycles. The molecule has 2 rings (SSSR count). The molecule has 0 radical (unpaired) electrons. The van der Waals surface area contributed by atoms with Crippen molar-refractivity contribution in [3.8, 4) is 0 Å². The molecule has 2 aromatic carbocycles. The monoisotopic (exact) mass is 370 g/mol. The SMILES string of the molecule is CS(=O)(=O)c1cccc(NCC(O)c2ccccc2Cl)c1[N+](=O)[O-]. The van der Waals surface area contributed by atoms with Crippen LogP contribution < -0.4 is 5.32 Å². The number of nitrogens with zero attached hydrogens (tertiary/aromatic N) is 1. The summed E-state index contributed by atoms with van der Waals surface area (Å²) in [5.41, 5.74) is -0.0750. The number of para-hydroxylation sites is 1. The van der Waals surface area contributed by atoms with Gasteiger partial charge in [0.25, 0.3) is 0 Å². The Morgan fingerprint density at radius 3 is 2.50 bits per heavy atom. The van der Waals surface area contributed by atoms with Crippen LogP contribution in [0.1, 0.15) is 11.7 Å². The molecular formula is C15H15ClN2O5S. The molecule has 0 saturated heterocycles. The van der Waals surface area contributed by atoms with Gasteiger partial charge in [-0.2, -0.15) is 0 Å². The van der Waals surface area contributed by atoms with E-state index < -0.39 is 26.6 Å². The van der Waals surface area contributed by atoms with Gasteiger partial charge in [0.15, 0.2) is 9.84 Å². The standard InChI is InChI=1S/C15H15ClN2O5S/c1-24(22,23)14-8-4-7-12(15(14)18(20)21)17-9-13(19)10-5-2-3-6-11(10)16/h2-8,13,17,19H,9H2,1H3. The quantitative estimate of drug-likeness (QED) is 0.597. The van der Waals surface area contributed by atoms with Crippen molar-refractivity contribution in [1.29, 1.82) is 0 Å². The molecule has 0 aliphatic carbocycles. The molecule has 7 nitrogen and oxygen atoms in total. The van der Waals surface area contributed by atoms with Crippen molar-refractivity contribution in [1.82, 2.24) is 0 Å². The zero-order chi connectivity index (χ0) is 17.9. The summed E-state index contributed by atoms with van der Waals surface area (Å²) in [5, 5.41) is 24.5. The predicted molar refractivity (Wildman–Crippen MR) is 91.1 cm³/mol. The second-order valence-corrected chi connectivity index (χ2v) is 7.49. The van der Waals surface area contributed by atoms with E-state index in [9.17, 15) is 23.6 Å². The number of aliphatic hydroxyl groups is 1. The first-order valence-electron chi connectivity index (χ1n) is 6.85. The van der Waals surface area contributed by atoms with Crippen LogP contribution in [-0.2, 0) is 9.84 Å². The molecule has 0 spiro atoms. The molecule has 2 aromatic rings. The van der Waals surface area contributed by atoms with Crippen LogP contribution in [0, 0.1) is 10.1 Å². The van der Waals surface area contributed by atoms with Crippen LogP contribution in [0.2, 0.25) is 5.02 Å². The van der Waals surface area contributed by atoms with Crippen LogP contribution in [0.4, 0.5) is 11.4 Å². The number of aliphatic hydroxyl groups excluding tert-OH is 1. The van der Waals surface area contributed by atoms with Gasteiger partial charge in [0.05, 0.1) is 11.0 Å². The maximum Gasteiger partial charge on any atom is 0.310 e. The number of nitro groups is 1. The van der Waals surface area contributed by atoms with Gasteiger partial charge in [0.2, 0.25) is 0 Å². The summed E-state index contributed by atoms with van der Waals surface area (Å²) < 4.78 is 23.4. The van der Waals surface area contributed by atoms with Gasteiger partial charge in [-0.1, -0.05) is 35.9 Å². The third-order valence-corrected chi connectivity index (χ3v) is 4.80.